The highest BCUT2D eigenvalue weighted by molar-refractivity contribution is 6.33. The van der Waals surface area contributed by atoms with Crippen LogP contribution in [0.2, 0.25) is 5.02 Å². The van der Waals surface area contributed by atoms with Crippen LogP contribution in [0.3, 0.4) is 0 Å². The minimum atomic E-state index is -1.85. The standard InChI is InChI=1S/C27H27ClF2N2O4/c1-26(34-2)9-8-16(25(31)33)22(24(26)30)21-17-13-27(15-6-4-3-5-7-15,20-14-35-11-10-32-20)36-19(17)12-18(29)23(21)28/h3-9,12,20,24,32H,10-11,13-14H2,1-2H3,(H2,31,33)/t20?,24?,26?,27-/m0/s1. The zero-order valence-corrected chi connectivity index (χ0v) is 20.7. The molecule has 2 aromatic rings. The third-order valence-corrected chi connectivity index (χ3v) is 7.74. The average molecular weight is 517 g/mol. The maximum Gasteiger partial charge on any atom is 0.249 e. The van der Waals surface area contributed by atoms with Gasteiger partial charge in [-0.15, -0.1) is 0 Å². The normalized spacial score (nSPS) is 29.7. The first-order valence-corrected chi connectivity index (χ1v) is 12.1. The van der Waals surface area contributed by atoms with E-state index in [1.54, 1.807) is 0 Å². The molecule has 1 aliphatic carbocycles. The molecule has 1 amide bonds. The van der Waals surface area contributed by atoms with Crippen molar-refractivity contribution in [1.82, 2.24) is 5.32 Å². The molecule has 3 unspecified atom stereocenters. The number of carbonyl (C=O) groups excluding carboxylic acids is 1. The second-order valence-corrected chi connectivity index (χ2v) is 9.79. The lowest BCUT2D eigenvalue weighted by molar-refractivity contribution is -0.114. The number of fused-ring (bicyclic) bond motifs is 1. The van der Waals surface area contributed by atoms with Crippen LogP contribution in [0.15, 0.2) is 54.1 Å². The van der Waals surface area contributed by atoms with Gasteiger partial charge in [0.1, 0.15) is 17.2 Å². The summed E-state index contributed by atoms with van der Waals surface area (Å²) in [4.78, 5) is 12.4. The van der Waals surface area contributed by atoms with Crippen molar-refractivity contribution in [3.8, 4) is 5.75 Å². The van der Waals surface area contributed by atoms with Gasteiger partial charge in [-0.05, 0) is 18.6 Å². The Morgan fingerprint density at radius 2 is 2.06 bits per heavy atom. The first kappa shape index (κ1) is 24.9. The van der Waals surface area contributed by atoms with E-state index in [0.29, 0.717) is 25.3 Å². The van der Waals surface area contributed by atoms with Gasteiger partial charge in [-0.3, -0.25) is 4.79 Å². The highest BCUT2D eigenvalue weighted by Gasteiger charge is 2.51. The molecule has 3 aliphatic rings. The van der Waals surface area contributed by atoms with Gasteiger partial charge in [0.05, 0.1) is 24.3 Å². The molecule has 0 spiro atoms. The average Bonchev–Trinajstić information content (AvgIpc) is 3.28. The summed E-state index contributed by atoms with van der Waals surface area (Å²) in [6, 6.07) is 10.5. The molecule has 1 saturated heterocycles. The summed E-state index contributed by atoms with van der Waals surface area (Å²) in [6.45, 7) is 3.06. The summed E-state index contributed by atoms with van der Waals surface area (Å²) in [5, 5.41) is 3.15. The highest BCUT2D eigenvalue weighted by Crippen LogP contribution is 2.51. The number of amides is 1. The lowest BCUT2D eigenvalue weighted by Crippen LogP contribution is -2.57. The van der Waals surface area contributed by atoms with E-state index in [-0.39, 0.29) is 39.9 Å². The van der Waals surface area contributed by atoms with Crippen molar-refractivity contribution in [2.45, 2.75) is 36.8 Å². The molecular weight excluding hydrogens is 490 g/mol. The highest BCUT2D eigenvalue weighted by atomic mass is 35.5. The van der Waals surface area contributed by atoms with Gasteiger partial charge in [0.15, 0.2) is 11.8 Å². The first-order valence-electron chi connectivity index (χ1n) is 11.7. The molecule has 4 atom stereocenters. The van der Waals surface area contributed by atoms with E-state index in [4.69, 9.17) is 31.5 Å². The minimum Gasteiger partial charge on any atom is -0.480 e. The van der Waals surface area contributed by atoms with Gasteiger partial charge in [-0.25, -0.2) is 8.78 Å². The van der Waals surface area contributed by atoms with Crippen LogP contribution >= 0.6 is 11.6 Å². The quantitative estimate of drug-likeness (QED) is 0.631. The maximum absolute atomic E-state index is 16.1. The second kappa shape index (κ2) is 9.27. The van der Waals surface area contributed by atoms with Gasteiger partial charge in [0.25, 0.3) is 0 Å². The molecule has 2 heterocycles. The number of hydrogen-bond donors (Lipinski definition) is 2. The topological polar surface area (TPSA) is 82.8 Å². The van der Waals surface area contributed by atoms with E-state index in [1.165, 1.54) is 32.3 Å². The molecule has 0 saturated carbocycles. The lowest BCUT2D eigenvalue weighted by Gasteiger charge is -2.40. The van der Waals surface area contributed by atoms with Gasteiger partial charge >= 0.3 is 0 Å². The largest absolute Gasteiger partial charge is 0.480 e. The molecule has 5 rings (SSSR count). The smallest absolute Gasteiger partial charge is 0.249 e. The minimum absolute atomic E-state index is 0.0649. The zero-order valence-electron chi connectivity index (χ0n) is 19.9. The van der Waals surface area contributed by atoms with E-state index in [0.717, 1.165) is 5.56 Å². The molecule has 9 heteroatoms. The molecule has 2 aliphatic heterocycles. The summed E-state index contributed by atoms with van der Waals surface area (Å²) in [5.74, 6) is -1.42. The third kappa shape index (κ3) is 3.84. The first-order chi connectivity index (χ1) is 17.2. The van der Waals surface area contributed by atoms with E-state index in [1.807, 2.05) is 30.3 Å². The van der Waals surface area contributed by atoms with Crippen LogP contribution < -0.4 is 15.8 Å². The van der Waals surface area contributed by atoms with E-state index in [2.05, 4.69) is 5.32 Å². The fraction of sp³-hybridized carbons (Fsp3) is 0.370. The van der Waals surface area contributed by atoms with Gasteiger partial charge in [-0.2, -0.15) is 0 Å². The van der Waals surface area contributed by atoms with Crippen LogP contribution in [0.25, 0.3) is 5.57 Å². The van der Waals surface area contributed by atoms with Crippen molar-refractivity contribution in [2.75, 3.05) is 26.9 Å². The van der Waals surface area contributed by atoms with E-state index >= 15 is 8.78 Å². The number of nitrogens with one attached hydrogen (secondary N) is 1. The number of methoxy groups -OCH3 is 1. The number of hydrogen-bond acceptors (Lipinski definition) is 5. The molecule has 36 heavy (non-hydrogen) atoms. The number of nitrogens with two attached hydrogens (primary N) is 1. The Bertz CT molecular complexity index is 1260. The summed E-state index contributed by atoms with van der Waals surface area (Å²) >= 11 is 6.52. The van der Waals surface area contributed by atoms with Gasteiger partial charge in [-0.1, -0.05) is 48.0 Å². The zero-order chi connectivity index (χ0) is 25.7. The SMILES string of the molecule is COC1(C)C=CC(C(N)=O)=C(c2c(Cl)c(F)cc3c2C[C@](c2ccccc2)(C2COCCN2)O3)C1F. The third-order valence-electron chi connectivity index (χ3n) is 7.37. The van der Waals surface area contributed by atoms with Crippen LogP contribution in [0.5, 0.6) is 5.75 Å². The molecule has 190 valence electrons. The lowest BCUT2D eigenvalue weighted by atomic mass is 9.77. The molecule has 3 N–H and O–H groups in total. The molecule has 2 aromatic carbocycles. The maximum atomic E-state index is 16.1. The van der Waals surface area contributed by atoms with Crippen molar-refractivity contribution in [1.29, 1.82) is 0 Å². The van der Waals surface area contributed by atoms with Crippen molar-refractivity contribution in [3.63, 3.8) is 0 Å². The Morgan fingerprint density at radius 3 is 2.69 bits per heavy atom. The monoisotopic (exact) mass is 516 g/mol. The van der Waals surface area contributed by atoms with Crippen LogP contribution in [0.1, 0.15) is 23.6 Å². The molecule has 0 aromatic heterocycles. The summed E-state index contributed by atoms with van der Waals surface area (Å²) in [7, 11) is 1.36. The molecule has 0 radical (unpaired) electrons. The Labute approximate surface area is 213 Å². The van der Waals surface area contributed by atoms with Gasteiger partial charge in [0.2, 0.25) is 5.91 Å². The molecule has 0 bridgehead atoms. The summed E-state index contributed by atoms with van der Waals surface area (Å²) < 4.78 is 49.1. The number of halogens is 3. The fourth-order valence-electron chi connectivity index (χ4n) is 5.32. The number of benzene rings is 2. The summed E-state index contributed by atoms with van der Waals surface area (Å²) in [5.41, 5.74) is 4.43. The molecular formula is C27H27ClF2N2O4. The fourth-order valence-corrected chi connectivity index (χ4v) is 5.59. The summed E-state index contributed by atoms with van der Waals surface area (Å²) in [6.07, 6.45) is 1.23. The number of alkyl halides is 1. The van der Waals surface area contributed by atoms with Crippen LogP contribution in [-0.2, 0) is 26.3 Å². The Morgan fingerprint density at radius 1 is 1.31 bits per heavy atom. The number of carbonyl (C=O) groups is 1. The predicted octanol–water partition coefficient (Wildman–Crippen LogP) is 3.85. The van der Waals surface area contributed by atoms with Crippen LogP contribution in [0.4, 0.5) is 8.78 Å². The van der Waals surface area contributed by atoms with Crippen LogP contribution in [0, 0.1) is 5.82 Å². The van der Waals surface area contributed by atoms with Crippen LogP contribution in [-0.4, -0.2) is 50.6 Å². The van der Waals surface area contributed by atoms with Crippen molar-refractivity contribution >= 4 is 23.1 Å². The Hall–Kier alpha value is -2.78. The Kier molecular flexibility index (Phi) is 6.41. The number of primary amides is 1. The molecule has 1 fully saturated rings. The number of morpholine rings is 1. The predicted molar refractivity (Wildman–Crippen MR) is 132 cm³/mol. The van der Waals surface area contributed by atoms with Gasteiger partial charge < -0.3 is 25.3 Å². The van der Waals surface area contributed by atoms with Gasteiger partial charge in [0, 0.05) is 48.4 Å². The van der Waals surface area contributed by atoms with E-state index < -0.39 is 29.1 Å². The Balaban J connectivity index is 1.74. The number of ether oxygens (including phenoxy) is 3. The molecule has 6 nitrogen and oxygen atoms in total. The van der Waals surface area contributed by atoms with E-state index in [9.17, 15) is 4.79 Å². The van der Waals surface area contributed by atoms with Crippen molar-refractivity contribution in [3.05, 3.63) is 81.7 Å². The second-order valence-electron chi connectivity index (χ2n) is 9.42. The van der Waals surface area contributed by atoms with Crippen molar-refractivity contribution < 1.29 is 27.8 Å². The van der Waals surface area contributed by atoms with Crippen molar-refractivity contribution in [2.24, 2.45) is 5.73 Å². The number of rotatable bonds is 5.